The molecule has 2 aromatic heterocycles. The van der Waals surface area contributed by atoms with Gasteiger partial charge in [0.15, 0.2) is 5.82 Å². The van der Waals surface area contributed by atoms with E-state index in [0.29, 0.717) is 24.7 Å². The fourth-order valence-electron chi connectivity index (χ4n) is 3.54. The summed E-state index contributed by atoms with van der Waals surface area (Å²) in [7, 11) is 0. The predicted octanol–water partition coefficient (Wildman–Crippen LogP) is 2.97. The smallest absolute Gasteiger partial charge is 0.227 e. The first kappa shape index (κ1) is 20.0. The third-order valence-corrected chi connectivity index (χ3v) is 5.91. The third-order valence-electron chi connectivity index (χ3n) is 4.97. The normalized spacial score (nSPS) is 16.8. The minimum absolute atomic E-state index is 0.407. The molecule has 1 aliphatic heterocycles. The Bertz CT molecular complexity index is 704. The number of aromatic nitrogens is 3. The number of nitrogens with zero attached hydrogens (tertiary/aromatic N) is 5. The second-order valence-corrected chi connectivity index (χ2v) is 8.59. The monoisotopic (exact) mass is 389 g/mol. The van der Waals surface area contributed by atoms with Gasteiger partial charge in [0.2, 0.25) is 5.95 Å². The summed E-state index contributed by atoms with van der Waals surface area (Å²) in [6, 6.07) is 4.33. The highest BCUT2D eigenvalue weighted by Gasteiger charge is 2.25. The Morgan fingerprint density at radius 3 is 2.67 bits per heavy atom. The summed E-state index contributed by atoms with van der Waals surface area (Å²) < 4.78 is 2.02. The Morgan fingerprint density at radius 1 is 1.26 bits per heavy atom. The lowest BCUT2D eigenvalue weighted by Gasteiger charge is -2.35. The number of thiophene rings is 1. The molecular formula is C20H31N5OS. The fourth-order valence-corrected chi connectivity index (χ4v) is 4.24. The van der Waals surface area contributed by atoms with Crippen molar-refractivity contribution in [1.29, 1.82) is 0 Å². The topological polar surface area (TPSA) is 57.4 Å². The van der Waals surface area contributed by atoms with Gasteiger partial charge in [0.25, 0.3) is 0 Å². The number of anilines is 1. The van der Waals surface area contributed by atoms with Crippen molar-refractivity contribution in [3.05, 3.63) is 40.9 Å². The second kappa shape index (κ2) is 9.48. The van der Waals surface area contributed by atoms with Crippen LogP contribution >= 0.6 is 11.3 Å². The zero-order valence-corrected chi connectivity index (χ0v) is 17.2. The van der Waals surface area contributed by atoms with Gasteiger partial charge in [-0.2, -0.15) is 0 Å². The molecule has 3 rings (SSSR count). The molecule has 0 aromatic carbocycles. The van der Waals surface area contributed by atoms with Gasteiger partial charge in [-0.3, -0.25) is 9.47 Å². The van der Waals surface area contributed by atoms with Gasteiger partial charge >= 0.3 is 0 Å². The molecule has 1 atom stereocenters. The van der Waals surface area contributed by atoms with Crippen LogP contribution in [0.1, 0.15) is 37.1 Å². The van der Waals surface area contributed by atoms with E-state index >= 15 is 0 Å². The van der Waals surface area contributed by atoms with Gasteiger partial charge in [-0.05, 0) is 30.2 Å². The molecule has 3 heterocycles. The van der Waals surface area contributed by atoms with Crippen LogP contribution in [-0.2, 0) is 13.0 Å². The zero-order chi connectivity index (χ0) is 19.2. The maximum atomic E-state index is 10.5. The average molecular weight is 390 g/mol. The predicted molar refractivity (Wildman–Crippen MR) is 111 cm³/mol. The standard InChI is InChI=1S/C20H31N5OS/c1-4-8-25-19(18(26)15-16(2)3)21-22-20(25)24-12-10-23(11-13-24)9-7-17-6-5-14-27-17/h4-6,14,16,18,26H,1,7-13,15H2,2-3H3. The lowest BCUT2D eigenvalue weighted by molar-refractivity contribution is 0.137. The third kappa shape index (κ3) is 5.18. The average Bonchev–Trinajstić information content (AvgIpc) is 3.30. The van der Waals surface area contributed by atoms with E-state index < -0.39 is 6.10 Å². The number of aliphatic hydroxyl groups is 1. The Labute approximate surface area is 166 Å². The lowest BCUT2D eigenvalue weighted by atomic mass is 10.1. The van der Waals surface area contributed by atoms with E-state index in [1.54, 1.807) is 0 Å². The number of rotatable bonds is 9. The summed E-state index contributed by atoms with van der Waals surface area (Å²) >= 11 is 1.83. The van der Waals surface area contributed by atoms with Crippen LogP contribution in [0.5, 0.6) is 0 Å². The molecule has 1 saturated heterocycles. The Kier molecular flexibility index (Phi) is 7.04. The van der Waals surface area contributed by atoms with E-state index in [-0.39, 0.29) is 0 Å². The molecule has 27 heavy (non-hydrogen) atoms. The van der Waals surface area contributed by atoms with E-state index in [1.165, 1.54) is 4.88 Å². The van der Waals surface area contributed by atoms with Crippen molar-refractivity contribution < 1.29 is 5.11 Å². The van der Waals surface area contributed by atoms with Crippen molar-refractivity contribution in [2.75, 3.05) is 37.6 Å². The van der Waals surface area contributed by atoms with Crippen LogP contribution in [0.2, 0.25) is 0 Å². The molecule has 7 heteroatoms. The van der Waals surface area contributed by atoms with Crippen LogP contribution in [0.3, 0.4) is 0 Å². The van der Waals surface area contributed by atoms with E-state index in [0.717, 1.165) is 45.1 Å². The van der Waals surface area contributed by atoms with Crippen molar-refractivity contribution in [2.45, 2.75) is 39.3 Å². The van der Waals surface area contributed by atoms with Crippen molar-refractivity contribution in [2.24, 2.45) is 5.92 Å². The van der Waals surface area contributed by atoms with E-state index in [9.17, 15) is 5.11 Å². The molecular weight excluding hydrogens is 358 g/mol. The molecule has 6 nitrogen and oxygen atoms in total. The summed E-state index contributed by atoms with van der Waals surface area (Å²) in [6.07, 6.45) is 3.07. The maximum absolute atomic E-state index is 10.5. The van der Waals surface area contributed by atoms with E-state index in [2.05, 4.69) is 57.9 Å². The molecule has 1 aliphatic rings. The van der Waals surface area contributed by atoms with Crippen LogP contribution in [0, 0.1) is 5.92 Å². The number of piperazine rings is 1. The molecule has 0 spiro atoms. The van der Waals surface area contributed by atoms with Gasteiger partial charge in [-0.15, -0.1) is 28.1 Å². The number of hydrogen-bond acceptors (Lipinski definition) is 6. The SMILES string of the molecule is C=CCn1c(C(O)CC(C)C)nnc1N1CCN(CCc2cccs2)CC1. The first-order valence-electron chi connectivity index (χ1n) is 9.80. The number of aliphatic hydroxyl groups excluding tert-OH is 1. The summed E-state index contributed by atoms with van der Waals surface area (Å²) in [6.45, 7) is 13.7. The number of hydrogen-bond donors (Lipinski definition) is 1. The Morgan fingerprint density at radius 2 is 2.04 bits per heavy atom. The number of allylic oxidation sites excluding steroid dienone is 1. The Balaban J connectivity index is 1.61. The Hall–Kier alpha value is -1.70. The first-order valence-corrected chi connectivity index (χ1v) is 10.7. The highest BCUT2D eigenvalue weighted by Crippen LogP contribution is 2.24. The van der Waals surface area contributed by atoms with Crippen LogP contribution in [0.25, 0.3) is 0 Å². The molecule has 1 unspecified atom stereocenters. The summed E-state index contributed by atoms with van der Waals surface area (Å²) in [5.74, 6) is 1.91. The maximum Gasteiger partial charge on any atom is 0.227 e. The van der Waals surface area contributed by atoms with Crippen LogP contribution in [-0.4, -0.2) is 57.5 Å². The molecule has 0 saturated carbocycles. The second-order valence-electron chi connectivity index (χ2n) is 7.56. The molecule has 0 amide bonds. The molecule has 1 fully saturated rings. The molecule has 1 N–H and O–H groups in total. The largest absolute Gasteiger partial charge is 0.385 e. The van der Waals surface area contributed by atoms with Crippen molar-refractivity contribution >= 4 is 17.3 Å². The van der Waals surface area contributed by atoms with Crippen molar-refractivity contribution in [3.8, 4) is 0 Å². The molecule has 0 radical (unpaired) electrons. The van der Waals surface area contributed by atoms with Gasteiger partial charge < -0.3 is 10.0 Å². The minimum atomic E-state index is -0.585. The van der Waals surface area contributed by atoms with Gasteiger partial charge in [-0.25, -0.2) is 0 Å². The molecule has 0 aliphatic carbocycles. The highest BCUT2D eigenvalue weighted by molar-refractivity contribution is 7.09. The lowest BCUT2D eigenvalue weighted by Crippen LogP contribution is -2.47. The summed E-state index contributed by atoms with van der Waals surface area (Å²) in [5, 5.41) is 21.4. The van der Waals surface area contributed by atoms with Gasteiger partial charge in [0.05, 0.1) is 0 Å². The fraction of sp³-hybridized carbons (Fsp3) is 0.600. The van der Waals surface area contributed by atoms with Crippen LogP contribution < -0.4 is 4.90 Å². The molecule has 148 valence electrons. The van der Waals surface area contributed by atoms with Gasteiger partial charge in [-0.1, -0.05) is 26.0 Å². The first-order chi connectivity index (χ1) is 13.1. The van der Waals surface area contributed by atoms with Crippen LogP contribution in [0.4, 0.5) is 5.95 Å². The van der Waals surface area contributed by atoms with E-state index in [4.69, 9.17) is 0 Å². The minimum Gasteiger partial charge on any atom is -0.385 e. The zero-order valence-electron chi connectivity index (χ0n) is 16.4. The van der Waals surface area contributed by atoms with E-state index in [1.807, 2.05) is 22.0 Å². The van der Waals surface area contributed by atoms with Crippen LogP contribution in [0.15, 0.2) is 30.2 Å². The summed E-state index contributed by atoms with van der Waals surface area (Å²) in [4.78, 5) is 6.25. The van der Waals surface area contributed by atoms with Crippen molar-refractivity contribution in [1.82, 2.24) is 19.7 Å². The molecule has 2 aromatic rings. The van der Waals surface area contributed by atoms with Gasteiger partial charge in [0, 0.05) is 44.1 Å². The molecule has 0 bridgehead atoms. The summed E-state index contributed by atoms with van der Waals surface area (Å²) in [5.41, 5.74) is 0. The quantitative estimate of drug-likeness (QED) is 0.668. The highest BCUT2D eigenvalue weighted by atomic mass is 32.1. The van der Waals surface area contributed by atoms with Crippen molar-refractivity contribution in [3.63, 3.8) is 0 Å². The van der Waals surface area contributed by atoms with Gasteiger partial charge in [0.1, 0.15) is 6.10 Å².